The first-order chi connectivity index (χ1) is 5.95. The Labute approximate surface area is 84.9 Å². The average Bonchev–Trinajstić information content (AvgIpc) is 2.30. The maximum atomic E-state index is 6.19. The average molecular weight is 178 g/mol. The molecule has 0 saturated heterocycles. The van der Waals surface area contributed by atoms with Gasteiger partial charge in [0.15, 0.2) is 0 Å². The minimum absolute atomic E-state index is 0.0297. The molecule has 1 heteroatoms. The zero-order valence-corrected chi connectivity index (χ0v) is 9.64. The third kappa shape index (κ3) is 2.75. The van der Waals surface area contributed by atoms with Crippen LogP contribution in [0.4, 0.5) is 0 Å². The monoisotopic (exact) mass is 178 g/mol. The molecular weight excluding hydrogens is 155 g/mol. The molecule has 0 aliphatic heterocycles. The Bertz CT molecular complexity index is 157. The van der Waals surface area contributed by atoms with Gasteiger partial charge < -0.3 is 0 Å². The highest BCUT2D eigenvalue weighted by atomic mass is 14.4. The van der Waals surface area contributed by atoms with E-state index in [2.05, 4.69) is 27.7 Å². The van der Waals surface area contributed by atoms with Crippen LogP contribution in [0, 0.1) is 17.8 Å². The minimum atomic E-state index is 0.0297. The Morgan fingerprint density at radius 3 is 2.31 bits per heavy atom. The Morgan fingerprint density at radius 2 is 1.92 bits per heavy atom. The Balaban J connectivity index is 2.51. The maximum Gasteiger partial charge on any atom is 0.0742 e. The van der Waals surface area contributed by atoms with E-state index in [0.29, 0.717) is 0 Å². The van der Waals surface area contributed by atoms with Gasteiger partial charge in [-0.2, -0.15) is 0 Å². The SMILES string of the molecule is [B]C(C)(C)C1CC(CCC)CC1C. The zero-order valence-electron chi connectivity index (χ0n) is 9.64. The summed E-state index contributed by atoms with van der Waals surface area (Å²) in [5, 5.41) is 0.0297. The number of hydrogen-bond acceptors (Lipinski definition) is 0. The van der Waals surface area contributed by atoms with E-state index >= 15 is 0 Å². The van der Waals surface area contributed by atoms with Gasteiger partial charge in [-0.25, -0.2) is 0 Å². The summed E-state index contributed by atoms with van der Waals surface area (Å²) in [7, 11) is 6.19. The third-order valence-corrected chi connectivity index (χ3v) is 3.63. The van der Waals surface area contributed by atoms with Crippen molar-refractivity contribution in [3.05, 3.63) is 0 Å². The van der Waals surface area contributed by atoms with E-state index in [4.69, 9.17) is 7.85 Å². The maximum absolute atomic E-state index is 6.19. The number of hydrogen-bond donors (Lipinski definition) is 0. The van der Waals surface area contributed by atoms with Crippen molar-refractivity contribution in [1.29, 1.82) is 0 Å². The molecule has 0 N–H and O–H groups in total. The van der Waals surface area contributed by atoms with Crippen molar-refractivity contribution in [3.63, 3.8) is 0 Å². The highest BCUT2D eigenvalue weighted by Crippen LogP contribution is 2.49. The van der Waals surface area contributed by atoms with Gasteiger partial charge in [0.2, 0.25) is 0 Å². The van der Waals surface area contributed by atoms with Crippen molar-refractivity contribution in [2.24, 2.45) is 17.8 Å². The third-order valence-electron chi connectivity index (χ3n) is 3.63. The van der Waals surface area contributed by atoms with Crippen molar-refractivity contribution in [2.45, 2.75) is 58.7 Å². The molecule has 1 fully saturated rings. The van der Waals surface area contributed by atoms with Crippen molar-refractivity contribution in [1.82, 2.24) is 0 Å². The van der Waals surface area contributed by atoms with Crippen LogP contribution in [0.1, 0.15) is 53.4 Å². The van der Waals surface area contributed by atoms with Crippen molar-refractivity contribution in [3.8, 4) is 0 Å². The summed E-state index contributed by atoms with van der Waals surface area (Å²) in [6.45, 7) is 9.02. The van der Waals surface area contributed by atoms with Gasteiger partial charge >= 0.3 is 0 Å². The van der Waals surface area contributed by atoms with E-state index in [1.54, 1.807) is 0 Å². The summed E-state index contributed by atoms with van der Waals surface area (Å²) >= 11 is 0. The quantitative estimate of drug-likeness (QED) is 0.576. The lowest BCUT2D eigenvalue weighted by molar-refractivity contribution is 0.328. The van der Waals surface area contributed by atoms with Crippen LogP contribution in [0.3, 0.4) is 0 Å². The lowest BCUT2D eigenvalue weighted by atomic mass is 9.60. The summed E-state index contributed by atoms with van der Waals surface area (Å²) < 4.78 is 0. The van der Waals surface area contributed by atoms with Crippen LogP contribution >= 0.6 is 0 Å². The normalized spacial score (nSPS) is 35.2. The molecule has 1 aliphatic rings. The lowest BCUT2D eigenvalue weighted by Gasteiger charge is -2.31. The van der Waals surface area contributed by atoms with Crippen molar-refractivity contribution >= 4 is 7.85 Å². The molecule has 2 radical (unpaired) electrons. The molecule has 74 valence electrons. The van der Waals surface area contributed by atoms with Gasteiger partial charge in [0.25, 0.3) is 0 Å². The molecule has 3 unspecified atom stereocenters. The van der Waals surface area contributed by atoms with Gasteiger partial charge in [0.1, 0.15) is 0 Å². The predicted molar refractivity (Wildman–Crippen MR) is 60.1 cm³/mol. The second kappa shape index (κ2) is 4.06. The first-order valence-electron chi connectivity index (χ1n) is 5.74. The molecule has 0 aromatic carbocycles. The molecule has 0 amide bonds. The van der Waals surface area contributed by atoms with Gasteiger partial charge in [-0.1, -0.05) is 45.9 Å². The topological polar surface area (TPSA) is 0 Å². The molecule has 0 spiro atoms. The smallest absolute Gasteiger partial charge is 0.0686 e. The standard InChI is InChI=1S/C12H23B/c1-5-6-10-7-9(2)11(8-10)12(3,4)13/h9-11H,5-8H2,1-4H3. The number of rotatable bonds is 3. The van der Waals surface area contributed by atoms with E-state index in [1.807, 2.05) is 0 Å². The molecule has 1 aliphatic carbocycles. The van der Waals surface area contributed by atoms with Crippen LogP contribution in [-0.2, 0) is 0 Å². The summed E-state index contributed by atoms with van der Waals surface area (Å²) in [6.07, 6.45) is 5.49. The summed E-state index contributed by atoms with van der Waals surface area (Å²) in [5.41, 5.74) is 0. The molecule has 0 aromatic rings. The van der Waals surface area contributed by atoms with Crippen molar-refractivity contribution < 1.29 is 0 Å². The molecule has 13 heavy (non-hydrogen) atoms. The molecule has 0 aromatic heterocycles. The fourth-order valence-electron chi connectivity index (χ4n) is 3.06. The van der Waals surface area contributed by atoms with Crippen LogP contribution in [0.15, 0.2) is 0 Å². The van der Waals surface area contributed by atoms with Gasteiger partial charge in [-0.05, 0) is 30.6 Å². The van der Waals surface area contributed by atoms with Crippen LogP contribution in [-0.4, -0.2) is 7.85 Å². The highest BCUT2D eigenvalue weighted by Gasteiger charge is 2.37. The second-order valence-corrected chi connectivity index (χ2v) is 5.53. The first-order valence-corrected chi connectivity index (χ1v) is 5.74. The fraction of sp³-hybridized carbons (Fsp3) is 1.00. The molecule has 0 bridgehead atoms. The molecule has 3 atom stereocenters. The van der Waals surface area contributed by atoms with Crippen LogP contribution < -0.4 is 0 Å². The molecule has 0 heterocycles. The summed E-state index contributed by atoms with van der Waals surface area (Å²) in [4.78, 5) is 0. The van der Waals surface area contributed by atoms with E-state index in [9.17, 15) is 0 Å². The molecular formula is C12H23B. The minimum Gasteiger partial charge on any atom is -0.0686 e. The van der Waals surface area contributed by atoms with Gasteiger partial charge in [0, 0.05) is 0 Å². The second-order valence-electron chi connectivity index (χ2n) is 5.53. The fourth-order valence-corrected chi connectivity index (χ4v) is 3.06. The largest absolute Gasteiger partial charge is 0.0742 e. The Hall–Kier alpha value is 0.0649. The van der Waals surface area contributed by atoms with Gasteiger partial charge in [-0.15, -0.1) is 0 Å². The van der Waals surface area contributed by atoms with E-state index in [-0.39, 0.29) is 5.31 Å². The van der Waals surface area contributed by atoms with E-state index < -0.39 is 0 Å². The van der Waals surface area contributed by atoms with Crippen LogP contribution in [0.25, 0.3) is 0 Å². The van der Waals surface area contributed by atoms with E-state index in [1.165, 1.54) is 25.7 Å². The molecule has 1 rings (SSSR count). The summed E-state index contributed by atoms with van der Waals surface area (Å²) in [5.74, 6) is 2.52. The van der Waals surface area contributed by atoms with Crippen molar-refractivity contribution in [2.75, 3.05) is 0 Å². The highest BCUT2D eigenvalue weighted by molar-refractivity contribution is 6.14. The van der Waals surface area contributed by atoms with Crippen LogP contribution in [0.2, 0.25) is 5.31 Å². The van der Waals surface area contributed by atoms with E-state index in [0.717, 1.165) is 17.8 Å². The zero-order chi connectivity index (χ0) is 10.1. The molecule has 0 nitrogen and oxygen atoms in total. The summed E-state index contributed by atoms with van der Waals surface area (Å²) in [6, 6.07) is 0. The lowest BCUT2D eigenvalue weighted by Crippen LogP contribution is -2.19. The predicted octanol–water partition coefficient (Wildman–Crippen LogP) is 3.82. The van der Waals surface area contributed by atoms with Gasteiger partial charge in [0.05, 0.1) is 7.85 Å². The first kappa shape index (κ1) is 11.1. The Kier molecular flexibility index (Phi) is 3.48. The molecule has 1 saturated carbocycles. The van der Waals surface area contributed by atoms with Gasteiger partial charge in [-0.3, -0.25) is 0 Å². The van der Waals surface area contributed by atoms with Crippen LogP contribution in [0.5, 0.6) is 0 Å². The Morgan fingerprint density at radius 1 is 1.31 bits per heavy atom.